The van der Waals surface area contributed by atoms with Gasteiger partial charge in [0.25, 0.3) is 5.91 Å². The number of benzene rings is 1. The largest absolute Gasteiger partial charge is 0.366 e. The van der Waals surface area contributed by atoms with E-state index in [9.17, 15) is 9.59 Å². The van der Waals surface area contributed by atoms with Gasteiger partial charge in [0.05, 0.1) is 0 Å². The van der Waals surface area contributed by atoms with Crippen molar-refractivity contribution >= 4 is 34.8 Å². The number of allylic oxidation sites excluding steroid dienone is 1. The molecular weight excluding hydrogens is 468 g/mol. The molecule has 2 aliphatic rings. The van der Waals surface area contributed by atoms with Gasteiger partial charge in [0, 0.05) is 59.8 Å². The molecule has 1 saturated heterocycles. The molecule has 2 aromatic rings. The second-order valence-corrected chi connectivity index (χ2v) is 8.66. The molecular formula is C25H27ClN6O3. The van der Waals surface area contributed by atoms with Gasteiger partial charge in [0.15, 0.2) is 0 Å². The first-order valence-corrected chi connectivity index (χ1v) is 11.8. The highest BCUT2D eigenvalue weighted by Gasteiger charge is 2.31. The van der Waals surface area contributed by atoms with Crippen molar-refractivity contribution in [1.29, 1.82) is 0 Å². The molecule has 182 valence electrons. The number of piperidine rings is 1. The first-order valence-electron chi connectivity index (χ1n) is 11.4. The summed E-state index contributed by atoms with van der Waals surface area (Å²) in [6, 6.07) is 5.36. The maximum Gasteiger partial charge on any atom is 0.260 e. The van der Waals surface area contributed by atoms with E-state index in [2.05, 4.69) is 32.3 Å². The second kappa shape index (κ2) is 10.3. The van der Waals surface area contributed by atoms with Gasteiger partial charge in [-0.2, -0.15) is 4.98 Å². The van der Waals surface area contributed by atoms with E-state index in [4.69, 9.17) is 16.1 Å². The molecule has 35 heavy (non-hydrogen) atoms. The minimum atomic E-state index is -0.209. The third-order valence-corrected chi connectivity index (χ3v) is 6.15. The molecule has 4 rings (SSSR count). The van der Waals surface area contributed by atoms with E-state index in [1.807, 2.05) is 26.0 Å². The number of halogens is 1. The van der Waals surface area contributed by atoms with Gasteiger partial charge >= 0.3 is 0 Å². The number of hydrogen-bond acceptors (Lipinski definition) is 7. The Morgan fingerprint density at radius 1 is 1.43 bits per heavy atom. The van der Waals surface area contributed by atoms with Crippen LogP contribution in [0.5, 0.6) is 0 Å². The SMILES string of the molecule is C=C(/N=C1\C(=C/C)C=C(c2ccc(-c3noc(C)n3)cc2Cl)C(=O)N1CC)NC1CCC(=O)NC1. The summed E-state index contributed by atoms with van der Waals surface area (Å²) in [5.41, 5.74) is 2.54. The number of rotatable bonds is 6. The number of carbonyl (C=O) groups is 2. The van der Waals surface area contributed by atoms with Gasteiger partial charge in [-0.25, -0.2) is 4.99 Å². The molecule has 2 amide bonds. The average molecular weight is 495 g/mol. The highest BCUT2D eigenvalue weighted by molar-refractivity contribution is 6.37. The van der Waals surface area contributed by atoms with Crippen LogP contribution >= 0.6 is 11.6 Å². The number of likely N-dealkylation sites (N-methyl/N-ethyl adjacent to an activating group) is 1. The van der Waals surface area contributed by atoms with Crippen LogP contribution in [-0.2, 0) is 9.59 Å². The molecule has 10 heteroatoms. The summed E-state index contributed by atoms with van der Waals surface area (Å²) in [5.74, 6) is 1.67. The summed E-state index contributed by atoms with van der Waals surface area (Å²) in [6.07, 6.45) is 4.84. The van der Waals surface area contributed by atoms with E-state index >= 15 is 0 Å². The Bertz CT molecular complexity index is 1270. The zero-order valence-electron chi connectivity index (χ0n) is 19.9. The summed E-state index contributed by atoms with van der Waals surface area (Å²) >= 11 is 6.60. The van der Waals surface area contributed by atoms with Crippen LogP contribution < -0.4 is 10.6 Å². The van der Waals surface area contributed by atoms with E-state index in [1.54, 1.807) is 30.0 Å². The molecule has 0 spiro atoms. The predicted molar refractivity (Wildman–Crippen MR) is 134 cm³/mol. The standard InChI is InChI=1S/C25H27ClN6O3/c1-5-16-11-20(19-9-7-17(12-21(19)26)23-30-15(4)35-31-23)25(34)32(6-2)24(16)29-14(3)28-18-8-10-22(33)27-13-18/h5,7,9,11-12,18,28H,3,6,8,10,13H2,1-2,4H3,(H,27,33)/b16-5-,29-24+. The highest BCUT2D eigenvalue weighted by atomic mass is 35.5. The zero-order valence-corrected chi connectivity index (χ0v) is 20.6. The lowest BCUT2D eigenvalue weighted by molar-refractivity contribution is -0.123. The molecule has 1 aromatic carbocycles. The summed E-state index contributed by atoms with van der Waals surface area (Å²) in [4.78, 5) is 35.4. The molecule has 1 aromatic heterocycles. The van der Waals surface area contributed by atoms with Gasteiger partial charge in [-0.1, -0.05) is 41.5 Å². The van der Waals surface area contributed by atoms with Gasteiger partial charge < -0.3 is 15.2 Å². The molecule has 2 N–H and O–H groups in total. The summed E-state index contributed by atoms with van der Waals surface area (Å²) in [5, 5.41) is 10.4. The number of nitrogens with zero attached hydrogens (tertiary/aromatic N) is 4. The molecule has 0 saturated carbocycles. The number of aliphatic imine (C=N–C) groups is 1. The number of hydrogen-bond donors (Lipinski definition) is 2. The van der Waals surface area contributed by atoms with E-state index in [1.165, 1.54) is 0 Å². The van der Waals surface area contributed by atoms with Crippen LogP contribution in [0.15, 0.2) is 57.8 Å². The van der Waals surface area contributed by atoms with Gasteiger partial charge in [-0.05, 0) is 32.4 Å². The van der Waals surface area contributed by atoms with E-state index in [0.717, 1.165) is 5.57 Å². The molecule has 9 nitrogen and oxygen atoms in total. The summed E-state index contributed by atoms with van der Waals surface area (Å²) in [6.45, 7) is 10.4. The lowest BCUT2D eigenvalue weighted by Crippen LogP contribution is -2.45. The Kier molecular flexibility index (Phi) is 7.16. The van der Waals surface area contributed by atoms with Gasteiger partial charge in [0.1, 0.15) is 11.7 Å². The van der Waals surface area contributed by atoms with Crippen LogP contribution in [0.25, 0.3) is 17.0 Å². The average Bonchev–Trinajstić information content (AvgIpc) is 3.27. The van der Waals surface area contributed by atoms with Gasteiger partial charge in [0.2, 0.25) is 17.6 Å². The van der Waals surface area contributed by atoms with Crippen LogP contribution in [0.1, 0.15) is 38.1 Å². The lowest BCUT2D eigenvalue weighted by atomic mass is 9.95. The van der Waals surface area contributed by atoms with Crippen molar-refractivity contribution in [1.82, 2.24) is 25.7 Å². The molecule has 1 atom stereocenters. The summed E-state index contributed by atoms with van der Waals surface area (Å²) < 4.78 is 5.05. The van der Waals surface area contributed by atoms with Crippen molar-refractivity contribution < 1.29 is 14.1 Å². The van der Waals surface area contributed by atoms with Crippen LogP contribution in [0.2, 0.25) is 5.02 Å². The maximum atomic E-state index is 13.5. The minimum absolute atomic E-state index is 0.0411. The molecule has 1 fully saturated rings. The lowest BCUT2D eigenvalue weighted by Gasteiger charge is -2.30. The first-order chi connectivity index (χ1) is 16.8. The molecule has 3 heterocycles. The smallest absolute Gasteiger partial charge is 0.260 e. The third kappa shape index (κ3) is 5.19. The number of nitrogens with one attached hydrogen (secondary N) is 2. The molecule has 1 unspecified atom stereocenters. The van der Waals surface area contributed by atoms with Crippen LogP contribution in [0.4, 0.5) is 0 Å². The second-order valence-electron chi connectivity index (χ2n) is 8.25. The molecule has 0 radical (unpaired) electrons. The zero-order chi connectivity index (χ0) is 25.1. The van der Waals surface area contributed by atoms with Crippen molar-refractivity contribution in [3.63, 3.8) is 0 Å². The van der Waals surface area contributed by atoms with Crippen molar-refractivity contribution in [2.45, 2.75) is 39.7 Å². The number of aryl methyl sites for hydroxylation is 1. The number of carbonyl (C=O) groups excluding carboxylic acids is 2. The number of amides is 2. The van der Waals surface area contributed by atoms with Crippen molar-refractivity contribution in [3.8, 4) is 11.4 Å². The fourth-order valence-corrected chi connectivity index (χ4v) is 4.33. The van der Waals surface area contributed by atoms with Crippen LogP contribution in [0, 0.1) is 6.92 Å². The molecule has 0 aliphatic carbocycles. The van der Waals surface area contributed by atoms with E-state index in [-0.39, 0.29) is 17.9 Å². The van der Waals surface area contributed by atoms with E-state index < -0.39 is 0 Å². The highest BCUT2D eigenvalue weighted by Crippen LogP contribution is 2.33. The molecule has 2 aliphatic heterocycles. The third-order valence-electron chi connectivity index (χ3n) is 5.84. The quantitative estimate of drug-likeness (QED) is 0.634. The number of amidine groups is 1. The monoisotopic (exact) mass is 494 g/mol. The number of aromatic nitrogens is 2. The van der Waals surface area contributed by atoms with Crippen molar-refractivity contribution in [2.24, 2.45) is 4.99 Å². The van der Waals surface area contributed by atoms with Crippen molar-refractivity contribution in [2.75, 3.05) is 13.1 Å². The van der Waals surface area contributed by atoms with E-state index in [0.29, 0.717) is 71.0 Å². The Labute approximate surface area is 208 Å². The molecule has 0 bridgehead atoms. The Morgan fingerprint density at radius 3 is 2.83 bits per heavy atom. The Hall–Kier alpha value is -3.72. The van der Waals surface area contributed by atoms with Gasteiger partial charge in [-0.15, -0.1) is 0 Å². The Balaban J connectivity index is 1.62. The fraction of sp³-hybridized carbons (Fsp3) is 0.320. The minimum Gasteiger partial charge on any atom is -0.366 e. The first kappa shape index (κ1) is 24.4. The van der Waals surface area contributed by atoms with Crippen LogP contribution in [-0.4, -0.2) is 51.8 Å². The summed E-state index contributed by atoms with van der Waals surface area (Å²) in [7, 11) is 0. The fourth-order valence-electron chi connectivity index (χ4n) is 4.04. The maximum absolute atomic E-state index is 13.5. The van der Waals surface area contributed by atoms with Crippen LogP contribution in [0.3, 0.4) is 0 Å². The van der Waals surface area contributed by atoms with Gasteiger partial charge in [-0.3, -0.25) is 14.5 Å². The Morgan fingerprint density at radius 2 is 2.23 bits per heavy atom. The predicted octanol–water partition coefficient (Wildman–Crippen LogP) is 3.63. The topological polar surface area (TPSA) is 113 Å². The van der Waals surface area contributed by atoms with Crippen molar-refractivity contribution in [3.05, 3.63) is 64.8 Å². The normalized spacial score (nSPS) is 20.7.